The van der Waals surface area contributed by atoms with Gasteiger partial charge in [-0.05, 0) is 55.7 Å². The molecule has 3 N–H and O–H groups in total. The van der Waals surface area contributed by atoms with Gasteiger partial charge in [0, 0.05) is 17.2 Å². The number of rotatable bonds is 9. The zero-order valence-corrected chi connectivity index (χ0v) is 17.9. The van der Waals surface area contributed by atoms with Crippen LogP contribution in [0.15, 0.2) is 42.5 Å². The van der Waals surface area contributed by atoms with Crippen molar-refractivity contribution in [2.24, 2.45) is 5.92 Å². The van der Waals surface area contributed by atoms with E-state index in [4.69, 9.17) is 9.47 Å². The number of nitrogens with one attached hydrogen (secondary N) is 3. The molecule has 8 nitrogen and oxygen atoms in total. The summed E-state index contributed by atoms with van der Waals surface area (Å²) in [5, 5.41) is 8.33. The Bertz CT molecular complexity index is 954. The van der Waals surface area contributed by atoms with E-state index in [1.807, 2.05) is 31.2 Å². The second kappa shape index (κ2) is 9.97. The molecule has 1 aliphatic carbocycles. The molecule has 31 heavy (non-hydrogen) atoms. The van der Waals surface area contributed by atoms with Crippen molar-refractivity contribution in [2.45, 2.75) is 25.8 Å². The van der Waals surface area contributed by atoms with Crippen molar-refractivity contribution in [2.75, 3.05) is 26.1 Å². The first kappa shape index (κ1) is 22.1. The van der Waals surface area contributed by atoms with Crippen LogP contribution in [0.25, 0.3) is 0 Å². The first-order valence-electron chi connectivity index (χ1n) is 10.1. The molecule has 164 valence electrons. The first-order chi connectivity index (χ1) is 14.9. The molecule has 0 aliphatic heterocycles. The minimum absolute atomic E-state index is 0.0549. The van der Waals surface area contributed by atoms with E-state index in [1.54, 1.807) is 18.2 Å². The fourth-order valence-electron chi connectivity index (χ4n) is 3.06. The Balaban J connectivity index is 1.48. The van der Waals surface area contributed by atoms with E-state index in [9.17, 15) is 14.4 Å². The summed E-state index contributed by atoms with van der Waals surface area (Å²) < 4.78 is 10.3. The molecule has 1 saturated carbocycles. The van der Waals surface area contributed by atoms with E-state index in [0.717, 1.165) is 24.1 Å². The summed E-state index contributed by atoms with van der Waals surface area (Å²) in [5.41, 5.74) is 1.99. The van der Waals surface area contributed by atoms with Crippen LogP contribution in [0.1, 0.15) is 41.7 Å². The van der Waals surface area contributed by atoms with Gasteiger partial charge in [-0.25, -0.2) is 0 Å². The lowest BCUT2D eigenvalue weighted by Gasteiger charge is -2.15. The molecule has 3 amide bonds. The van der Waals surface area contributed by atoms with Crippen molar-refractivity contribution in [1.82, 2.24) is 10.6 Å². The molecule has 0 aromatic heterocycles. The van der Waals surface area contributed by atoms with E-state index >= 15 is 0 Å². The van der Waals surface area contributed by atoms with Crippen molar-refractivity contribution in [3.63, 3.8) is 0 Å². The van der Waals surface area contributed by atoms with Gasteiger partial charge in [-0.1, -0.05) is 12.1 Å². The fourth-order valence-corrected chi connectivity index (χ4v) is 3.06. The van der Waals surface area contributed by atoms with Crippen LogP contribution in [-0.4, -0.2) is 38.5 Å². The highest BCUT2D eigenvalue weighted by molar-refractivity contribution is 5.97. The molecule has 0 heterocycles. The number of hydrogen-bond acceptors (Lipinski definition) is 5. The number of amides is 3. The molecule has 0 bridgehead atoms. The number of methoxy groups -OCH3 is 2. The van der Waals surface area contributed by atoms with Gasteiger partial charge in [0.1, 0.15) is 0 Å². The molecule has 2 aromatic rings. The molecule has 1 atom stereocenters. The summed E-state index contributed by atoms with van der Waals surface area (Å²) in [5.74, 6) is 0.451. The number of benzene rings is 2. The van der Waals surface area contributed by atoms with Crippen molar-refractivity contribution < 1.29 is 23.9 Å². The highest BCUT2D eigenvalue weighted by Gasteiger charge is 2.29. The Labute approximate surface area is 181 Å². The van der Waals surface area contributed by atoms with Gasteiger partial charge in [-0.3, -0.25) is 14.4 Å². The number of carbonyl (C=O) groups excluding carboxylic acids is 3. The molecular weight excluding hydrogens is 398 g/mol. The van der Waals surface area contributed by atoms with Crippen molar-refractivity contribution in [1.29, 1.82) is 0 Å². The molecular formula is C23H27N3O5. The van der Waals surface area contributed by atoms with Gasteiger partial charge < -0.3 is 25.4 Å². The summed E-state index contributed by atoms with van der Waals surface area (Å²) >= 11 is 0. The monoisotopic (exact) mass is 425 g/mol. The molecule has 0 saturated heterocycles. The molecule has 3 rings (SSSR count). The average molecular weight is 425 g/mol. The number of ether oxygens (including phenoxy) is 2. The zero-order valence-electron chi connectivity index (χ0n) is 17.9. The predicted octanol–water partition coefficient (Wildman–Crippen LogP) is 2.66. The summed E-state index contributed by atoms with van der Waals surface area (Å²) in [7, 11) is 3.00. The van der Waals surface area contributed by atoms with Gasteiger partial charge in [0.25, 0.3) is 5.91 Å². The Kier molecular flexibility index (Phi) is 7.12. The summed E-state index contributed by atoms with van der Waals surface area (Å²) in [6.45, 7) is 1.69. The van der Waals surface area contributed by atoms with Crippen LogP contribution in [0.2, 0.25) is 0 Å². The lowest BCUT2D eigenvalue weighted by Crippen LogP contribution is -2.38. The van der Waals surface area contributed by atoms with Crippen molar-refractivity contribution >= 4 is 23.4 Å². The summed E-state index contributed by atoms with van der Waals surface area (Å²) in [4.78, 5) is 36.4. The molecule has 2 aromatic carbocycles. The van der Waals surface area contributed by atoms with Gasteiger partial charge in [0.05, 0.1) is 26.8 Å². The van der Waals surface area contributed by atoms with Gasteiger partial charge >= 0.3 is 0 Å². The summed E-state index contributed by atoms with van der Waals surface area (Å²) in [6, 6.07) is 11.9. The fraction of sp³-hybridized carbons (Fsp3) is 0.348. The number of hydrogen-bond donors (Lipinski definition) is 3. The Morgan fingerprint density at radius 2 is 1.68 bits per heavy atom. The molecule has 0 radical (unpaired) electrons. The minimum Gasteiger partial charge on any atom is -0.493 e. The van der Waals surface area contributed by atoms with Gasteiger partial charge in [0.2, 0.25) is 11.8 Å². The van der Waals surface area contributed by atoms with E-state index in [-0.39, 0.29) is 36.2 Å². The standard InChI is InChI=1S/C23H27N3O5/c1-14(15-6-9-18(10-7-15)26-23(29)16-4-5-16)25-21(27)13-24-22(28)17-8-11-19(30-2)20(12-17)31-3/h6-12,14,16H,4-5,13H2,1-3H3,(H,24,28)(H,25,27)(H,26,29). The van der Waals surface area contributed by atoms with Crippen LogP contribution in [0.3, 0.4) is 0 Å². The second-order valence-corrected chi connectivity index (χ2v) is 7.43. The van der Waals surface area contributed by atoms with Gasteiger partial charge in [-0.15, -0.1) is 0 Å². The minimum atomic E-state index is -0.389. The third kappa shape index (κ3) is 5.97. The van der Waals surface area contributed by atoms with Crippen LogP contribution in [0, 0.1) is 5.92 Å². The third-order valence-corrected chi connectivity index (χ3v) is 5.06. The van der Waals surface area contributed by atoms with Gasteiger partial charge in [-0.2, -0.15) is 0 Å². The molecule has 8 heteroatoms. The molecule has 1 fully saturated rings. The van der Waals surface area contributed by atoms with E-state index < -0.39 is 0 Å². The SMILES string of the molecule is COc1ccc(C(=O)NCC(=O)NC(C)c2ccc(NC(=O)C3CC3)cc2)cc1OC. The molecule has 0 spiro atoms. The van der Waals surface area contributed by atoms with Crippen LogP contribution >= 0.6 is 0 Å². The third-order valence-electron chi connectivity index (χ3n) is 5.06. The maximum absolute atomic E-state index is 12.3. The lowest BCUT2D eigenvalue weighted by molar-refractivity contribution is -0.120. The topological polar surface area (TPSA) is 106 Å². The second-order valence-electron chi connectivity index (χ2n) is 7.43. The van der Waals surface area contributed by atoms with E-state index in [2.05, 4.69) is 16.0 Å². The number of carbonyl (C=O) groups is 3. The van der Waals surface area contributed by atoms with Gasteiger partial charge in [0.15, 0.2) is 11.5 Å². The summed E-state index contributed by atoms with van der Waals surface area (Å²) in [6.07, 6.45) is 1.91. The lowest BCUT2D eigenvalue weighted by atomic mass is 10.1. The number of anilines is 1. The van der Waals surface area contributed by atoms with Crippen LogP contribution in [-0.2, 0) is 9.59 Å². The largest absolute Gasteiger partial charge is 0.493 e. The van der Waals surface area contributed by atoms with Crippen LogP contribution < -0.4 is 25.4 Å². The van der Waals surface area contributed by atoms with Crippen molar-refractivity contribution in [3.8, 4) is 11.5 Å². The molecule has 1 aliphatic rings. The van der Waals surface area contributed by atoms with Crippen LogP contribution in [0.4, 0.5) is 5.69 Å². The van der Waals surface area contributed by atoms with Crippen molar-refractivity contribution in [3.05, 3.63) is 53.6 Å². The highest BCUT2D eigenvalue weighted by atomic mass is 16.5. The first-order valence-corrected chi connectivity index (χ1v) is 10.1. The average Bonchev–Trinajstić information content (AvgIpc) is 3.63. The van der Waals surface area contributed by atoms with E-state index in [1.165, 1.54) is 14.2 Å². The maximum atomic E-state index is 12.3. The Hall–Kier alpha value is -3.55. The highest BCUT2D eigenvalue weighted by Crippen LogP contribution is 2.30. The quantitative estimate of drug-likeness (QED) is 0.573. The Morgan fingerprint density at radius 3 is 2.29 bits per heavy atom. The smallest absolute Gasteiger partial charge is 0.251 e. The predicted molar refractivity (Wildman–Crippen MR) is 116 cm³/mol. The normalized spacial score (nSPS) is 13.6. The Morgan fingerprint density at radius 1 is 1.00 bits per heavy atom. The molecule has 1 unspecified atom stereocenters. The van der Waals surface area contributed by atoms with Crippen LogP contribution in [0.5, 0.6) is 11.5 Å². The maximum Gasteiger partial charge on any atom is 0.251 e. The van der Waals surface area contributed by atoms with E-state index in [0.29, 0.717) is 17.1 Å². The zero-order chi connectivity index (χ0) is 22.4.